The minimum atomic E-state index is 0.0153. The van der Waals surface area contributed by atoms with Crippen LogP contribution in [0.3, 0.4) is 0 Å². The van der Waals surface area contributed by atoms with Crippen LogP contribution < -0.4 is 10.5 Å². The maximum atomic E-state index is 5.90. The van der Waals surface area contributed by atoms with Gasteiger partial charge in [-0.05, 0) is 32.9 Å². The average molecular weight is 249 g/mol. The van der Waals surface area contributed by atoms with E-state index in [-0.39, 0.29) is 6.10 Å². The number of nitrogens with two attached hydrogens (primary N) is 1. The molecule has 0 bridgehead atoms. The lowest BCUT2D eigenvalue weighted by Crippen LogP contribution is -2.37. The lowest BCUT2D eigenvalue weighted by atomic mass is 10.3. The van der Waals surface area contributed by atoms with Gasteiger partial charge >= 0.3 is 0 Å². The van der Waals surface area contributed by atoms with E-state index >= 15 is 0 Å². The van der Waals surface area contributed by atoms with Gasteiger partial charge in [-0.25, -0.2) is 4.99 Å². The van der Waals surface area contributed by atoms with Gasteiger partial charge in [-0.2, -0.15) is 0 Å². The molecular formula is C14H23N3O. The number of rotatable bonds is 6. The first-order chi connectivity index (χ1) is 8.67. The standard InChI is InChI=1S/C14H23N3O/c1-4-17(5-2)14(15)16-11-12(3)18-13-9-7-6-8-10-13/h6-10,12H,4-5,11H2,1-3H3,(H2,15,16). The molecule has 4 heteroatoms. The molecule has 2 N–H and O–H groups in total. The molecule has 0 aliphatic carbocycles. The third-order valence-electron chi connectivity index (χ3n) is 2.68. The van der Waals surface area contributed by atoms with E-state index in [4.69, 9.17) is 10.5 Å². The number of aliphatic imine (C=N–C) groups is 1. The molecule has 4 nitrogen and oxygen atoms in total. The zero-order chi connectivity index (χ0) is 13.4. The smallest absolute Gasteiger partial charge is 0.191 e. The molecule has 0 aromatic heterocycles. The Kier molecular flexibility index (Phi) is 6.05. The molecule has 0 aliphatic heterocycles. The summed E-state index contributed by atoms with van der Waals surface area (Å²) in [5.74, 6) is 1.45. The Morgan fingerprint density at radius 3 is 2.44 bits per heavy atom. The van der Waals surface area contributed by atoms with Gasteiger partial charge in [0.2, 0.25) is 0 Å². The number of hydrogen-bond donors (Lipinski definition) is 1. The molecule has 1 aromatic rings. The van der Waals surface area contributed by atoms with Crippen molar-refractivity contribution in [3.63, 3.8) is 0 Å². The molecule has 1 unspecified atom stereocenters. The van der Waals surface area contributed by atoms with Crippen molar-refractivity contribution >= 4 is 5.96 Å². The molecule has 0 amide bonds. The van der Waals surface area contributed by atoms with Crippen molar-refractivity contribution in [3.05, 3.63) is 30.3 Å². The Morgan fingerprint density at radius 2 is 1.89 bits per heavy atom. The number of guanidine groups is 1. The SMILES string of the molecule is CCN(CC)C(N)=NCC(C)Oc1ccccc1. The zero-order valence-corrected chi connectivity index (χ0v) is 11.5. The molecular weight excluding hydrogens is 226 g/mol. The normalized spacial score (nSPS) is 13.2. The number of nitrogens with zero attached hydrogens (tertiary/aromatic N) is 2. The van der Waals surface area contributed by atoms with Crippen molar-refractivity contribution in [3.8, 4) is 5.75 Å². The predicted octanol–water partition coefficient (Wildman–Crippen LogP) is 2.11. The lowest BCUT2D eigenvalue weighted by Gasteiger charge is -2.20. The zero-order valence-electron chi connectivity index (χ0n) is 11.5. The average Bonchev–Trinajstić information content (AvgIpc) is 2.39. The van der Waals surface area contributed by atoms with Crippen LogP contribution >= 0.6 is 0 Å². The Hall–Kier alpha value is -1.71. The minimum absolute atomic E-state index is 0.0153. The van der Waals surface area contributed by atoms with Crippen LogP contribution in [-0.2, 0) is 0 Å². The second kappa shape index (κ2) is 7.58. The lowest BCUT2D eigenvalue weighted by molar-refractivity contribution is 0.229. The van der Waals surface area contributed by atoms with Gasteiger partial charge in [0.15, 0.2) is 5.96 Å². The van der Waals surface area contributed by atoms with Crippen molar-refractivity contribution in [1.29, 1.82) is 0 Å². The summed E-state index contributed by atoms with van der Waals surface area (Å²) < 4.78 is 5.73. The Morgan fingerprint density at radius 1 is 1.28 bits per heavy atom. The Bertz CT molecular complexity index is 361. The van der Waals surface area contributed by atoms with E-state index in [1.54, 1.807) is 0 Å². The molecule has 0 saturated heterocycles. The first kappa shape index (κ1) is 14.4. The van der Waals surface area contributed by atoms with Gasteiger partial charge in [0, 0.05) is 13.1 Å². The molecule has 0 spiro atoms. The monoisotopic (exact) mass is 249 g/mol. The van der Waals surface area contributed by atoms with Crippen LogP contribution in [0, 0.1) is 0 Å². The maximum Gasteiger partial charge on any atom is 0.191 e. The summed E-state index contributed by atoms with van der Waals surface area (Å²) in [5, 5.41) is 0. The van der Waals surface area contributed by atoms with Crippen LogP contribution in [0.15, 0.2) is 35.3 Å². The van der Waals surface area contributed by atoms with E-state index in [1.165, 1.54) is 0 Å². The summed E-state index contributed by atoms with van der Waals surface area (Å²) in [7, 11) is 0. The molecule has 100 valence electrons. The summed E-state index contributed by atoms with van der Waals surface area (Å²) >= 11 is 0. The Labute approximate surface area is 109 Å². The van der Waals surface area contributed by atoms with Gasteiger partial charge < -0.3 is 15.4 Å². The van der Waals surface area contributed by atoms with Gasteiger partial charge in [-0.15, -0.1) is 0 Å². The van der Waals surface area contributed by atoms with Crippen molar-refractivity contribution < 1.29 is 4.74 Å². The van der Waals surface area contributed by atoms with Gasteiger partial charge in [0.05, 0.1) is 6.54 Å². The molecule has 0 radical (unpaired) electrons. The highest BCUT2D eigenvalue weighted by atomic mass is 16.5. The minimum Gasteiger partial charge on any atom is -0.489 e. The fraction of sp³-hybridized carbons (Fsp3) is 0.500. The first-order valence-electron chi connectivity index (χ1n) is 6.43. The first-order valence-corrected chi connectivity index (χ1v) is 6.43. The molecule has 0 aliphatic rings. The van der Waals surface area contributed by atoms with E-state index in [1.807, 2.05) is 42.2 Å². The highest BCUT2D eigenvalue weighted by Gasteiger charge is 2.05. The van der Waals surface area contributed by atoms with E-state index in [9.17, 15) is 0 Å². The summed E-state index contributed by atoms with van der Waals surface area (Å²) in [6, 6.07) is 9.75. The highest BCUT2D eigenvalue weighted by molar-refractivity contribution is 5.78. The second-order valence-electron chi connectivity index (χ2n) is 4.11. The maximum absolute atomic E-state index is 5.90. The number of ether oxygens (including phenoxy) is 1. The summed E-state index contributed by atoms with van der Waals surface area (Å²) in [6.45, 7) is 8.44. The van der Waals surface area contributed by atoms with E-state index < -0.39 is 0 Å². The van der Waals surface area contributed by atoms with E-state index in [0.29, 0.717) is 12.5 Å². The van der Waals surface area contributed by atoms with Crippen LogP contribution in [-0.4, -0.2) is 36.6 Å². The molecule has 0 fully saturated rings. The summed E-state index contributed by atoms with van der Waals surface area (Å²) in [5.41, 5.74) is 5.90. The van der Waals surface area contributed by atoms with E-state index in [2.05, 4.69) is 18.8 Å². The van der Waals surface area contributed by atoms with Gasteiger partial charge in [0.25, 0.3) is 0 Å². The Balaban J connectivity index is 2.45. The van der Waals surface area contributed by atoms with Gasteiger partial charge in [0.1, 0.15) is 11.9 Å². The van der Waals surface area contributed by atoms with Crippen molar-refractivity contribution in [1.82, 2.24) is 4.90 Å². The second-order valence-corrected chi connectivity index (χ2v) is 4.11. The third kappa shape index (κ3) is 4.65. The van der Waals surface area contributed by atoms with Crippen LogP contribution in [0.2, 0.25) is 0 Å². The van der Waals surface area contributed by atoms with Crippen molar-refractivity contribution in [2.24, 2.45) is 10.7 Å². The van der Waals surface area contributed by atoms with E-state index in [0.717, 1.165) is 18.8 Å². The molecule has 0 saturated carbocycles. The van der Waals surface area contributed by atoms with Crippen LogP contribution in [0.25, 0.3) is 0 Å². The largest absolute Gasteiger partial charge is 0.489 e. The topological polar surface area (TPSA) is 50.8 Å². The van der Waals surface area contributed by atoms with Crippen molar-refractivity contribution in [2.75, 3.05) is 19.6 Å². The van der Waals surface area contributed by atoms with Crippen LogP contribution in [0.1, 0.15) is 20.8 Å². The number of hydrogen-bond acceptors (Lipinski definition) is 2. The fourth-order valence-corrected chi connectivity index (χ4v) is 1.64. The quantitative estimate of drug-likeness (QED) is 0.620. The summed E-state index contributed by atoms with van der Waals surface area (Å²) in [6.07, 6.45) is 0.0153. The van der Waals surface area contributed by atoms with Crippen LogP contribution in [0.5, 0.6) is 5.75 Å². The van der Waals surface area contributed by atoms with Gasteiger partial charge in [-0.3, -0.25) is 0 Å². The van der Waals surface area contributed by atoms with Crippen molar-refractivity contribution in [2.45, 2.75) is 26.9 Å². The molecule has 18 heavy (non-hydrogen) atoms. The highest BCUT2D eigenvalue weighted by Crippen LogP contribution is 2.10. The number of benzene rings is 1. The molecule has 1 aromatic carbocycles. The number of para-hydroxylation sites is 1. The molecule has 1 atom stereocenters. The van der Waals surface area contributed by atoms with Crippen LogP contribution in [0.4, 0.5) is 0 Å². The fourth-order valence-electron chi connectivity index (χ4n) is 1.64. The molecule has 0 heterocycles. The van der Waals surface area contributed by atoms with Gasteiger partial charge in [-0.1, -0.05) is 18.2 Å². The summed E-state index contributed by atoms with van der Waals surface area (Å²) in [4.78, 5) is 6.38. The third-order valence-corrected chi connectivity index (χ3v) is 2.68. The predicted molar refractivity (Wildman–Crippen MR) is 75.9 cm³/mol. The molecule has 1 rings (SSSR count).